The monoisotopic (exact) mass is 396 g/mol. The van der Waals surface area contributed by atoms with Crippen molar-refractivity contribution in [2.24, 2.45) is 0 Å². The molecule has 1 fully saturated rings. The zero-order chi connectivity index (χ0) is 19.7. The standard InChI is InChI=1S/C23H25ClN2O2/c1-16-12-20-22(17(2)23(16)24)19(13-21(27)28-20)15-26-10-8-25(9-11-26)14-18-6-4-3-5-7-18/h3-7,12-13H,8-11,14-15H2,1-2H3. The van der Waals surface area contributed by atoms with Gasteiger partial charge < -0.3 is 4.42 Å². The summed E-state index contributed by atoms with van der Waals surface area (Å²) < 4.78 is 5.45. The van der Waals surface area contributed by atoms with Crippen LogP contribution in [0.3, 0.4) is 0 Å². The molecule has 0 amide bonds. The molecule has 2 aromatic carbocycles. The average Bonchev–Trinajstić information content (AvgIpc) is 2.68. The van der Waals surface area contributed by atoms with Crippen LogP contribution in [0.15, 0.2) is 51.7 Å². The fourth-order valence-electron chi connectivity index (χ4n) is 4.07. The van der Waals surface area contributed by atoms with Gasteiger partial charge in [-0.15, -0.1) is 0 Å². The number of benzene rings is 2. The van der Waals surface area contributed by atoms with Gasteiger partial charge in [0.25, 0.3) is 0 Å². The van der Waals surface area contributed by atoms with Crippen LogP contribution in [0, 0.1) is 13.8 Å². The van der Waals surface area contributed by atoms with Gasteiger partial charge in [0, 0.05) is 55.7 Å². The lowest BCUT2D eigenvalue weighted by Gasteiger charge is -2.35. The second-order valence-corrected chi connectivity index (χ2v) is 8.01. The molecule has 0 saturated carbocycles. The van der Waals surface area contributed by atoms with Crippen molar-refractivity contribution in [2.45, 2.75) is 26.9 Å². The smallest absolute Gasteiger partial charge is 0.336 e. The predicted octanol–water partition coefficient (Wildman–Crippen LogP) is 4.38. The number of halogens is 1. The molecule has 5 heteroatoms. The summed E-state index contributed by atoms with van der Waals surface area (Å²) in [5, 5.41) is 1.72. The SMILES string of the molecule is Cc1cc2oc(=O)cc(CN3CCN(Cc4ccccc4)CC3)c2c(C)c1Cl. The van der Waals surface area contributed by atoms with Gasteiger partial charge in [-0.3, -0.25) is 9.80 Å². The van der Waals surface area contributed by atoms with Crippen molar-refractivity contribution in [2.75, 3.05) is 26.2 Å². The largest absolute Gasteiger partial charge is 0.423 e. The molecular weight excluding hydrogens is 372 g/mol. The highest BCUT2D eigenvalue weighted by molar-refractivity contribution is 6.33. The van der Waals surface area contributed by atoms with E-state index < -0.39 is 0 Å². The Morgan fingerprint density at radius 1 is 0.964 bits per heavy atom. The van der Waals surface area contributed by atoms with Gasteiger partial charge in [0.1, 0.15) is 5.58 Å². The first-order valence-electron chi connectivity index (χ1n) is 9.72. The minimum Gasteiger partial charge on any atom is -0.423 e. The Bertz CT molecular complexity index is 1040. The predicted molar refractivity (Wildman–Crippen MR) is 114 cm³/mol. The summed E-state index contributed by atoms with van der Waals surface area (Å²) in [4.78, 5) is 17.0. The van der Waals surface area contributed by atoms with E-state index in [1.807, 2.05) is 19.9 Å². The molecule has 146 valence electrons. The quantitative estimate of drug-likeness (QED) is 0.613. The van der Waals surface area contributed by atoms with E-state index in [9.17, 15) is 4.79 Å². The minimum absolute atomic E-state index is 0.300. The number of fused-ring (bicyclic) bond motifs is 1. The lowest BCUT2D eigenvalue weighted by Crippen LogP contribution is -2.45. The van der Waals surface area contributed by atoms with Gasteiger partial charge in [0.05, 0.1) is 0 Å². The molecule has 1 saturated heterocycles. The summed E-state index contributed by atoms with van der Waals surface area (Å²) in [7, 11) is 0. The summed E-state index contributed by atoms with van der Waals surface area (Å²) in [6.45, 7) is 9.66. The van der Waals surface area contributed by atoms with Gasteiger partial charge in [-0.1, -0.05) is 41.9 Å². The van der Waals surface area contributed by atoms with Crippen LogP contribution < -0.4 is 5.63 Å². The third-order valence-electron chi connectivity index (χ3n) is 5.58. The van der Waals surface area contributed by atoms with E-state index in [0.29, 0.717) is 5.58 Å². The Kier molecular flexibility index (Phi) is 5.54. The lowest BCUT2D eigenvalue weighted by molar-refractivity contribution is 0.122. The summed E-state index contributed by atoms with van der Waals surface area (Å²) in [6, 6.07) is 14.1. The van der Waals surface area contributed by atoms with Crippen LogP contribution in [0.4, 0.5) is 0 Å². The van der Waals surface area contributed by atoms with Gasteiger partial charge in [-0.2, -0.15) is 0 Å². The number of aryl methyl sites for hydroxylation is 2. The number of nitrogens with zero attached hydrogens (tertiary/aromatic N) is 2. The van der Waals surface area contributed by atoms with E-state index in [1.54, 1.807) is 6.07 Å². The Morgan fingerprint density at radius 2 is 1.61 bits per heavy atom. The Hall–Kier alpha value is -2.14. The fraction of sp³-hybridized carbons (Fsp3) is 0.348. The summed E-state index contributed by atoms with van der Waals surface area (Å²) in [5.41, 5.74) is 4.60. The first-order chi connectivity index (χ1) is 13.5. The summed E-state index contributed by atoms with van der Waals surface area (Å²) in [6.07, 6.45) is 0. The maximum Gasteiger partial charge on any atom is 0.336 e. The lowest BCUT2D eigenvalue weighted by atomic mass is 10.0. The molecule has 2 heterocycles. The van der Waals surface area contributed by atoms with E-state index in [1.165, 1.54) is 5.56 Å². The van der Waals surface area contributed by atoms with Crippen LogP contribution >= 0.6 is 11.6 Å². The zero-order valence-corrected chi connectivity index (χ0v) is 17.1. The first-order valence-corrected chi connectivity index (χ1v) is 10.1. The number of hydrogen-bond donors (Lipinski definition) is 0. The van der Waals surface area contributed by atoms with Gasteiger partial charge in [0.15, 0.2) is 0 Å². The van der Waals surface area contributed by atoms with Gasteiger partial charge >= 0.3 is 5.63 Å². The summed E-state index contributed by atoms with van der Waals surface area (Å²) >= 11 is 6.47. The zero-order valence-electron chi connectivity index (χ0n) is 16.4. The van der Waals surface area contributed by atoms with Crippen LogP contribution in [0.1, 0.15) is 22.3 Å². The Balaban J connectivity index is 1.50. The van der Waals surface area contributed by atoms with Gasteiger partial charge in [-0.25, -0.2) is 4.79 Å². The molecule has 0 spiro atoms. The third-order valence-corrected chi connectivity index (χ3v) is 6.16. The number of piperazine rings is 1. The van der Waals surface area contributed by atoms with E-state index >= 15 is 0 Å². The third kappa shape index (κ3) is 4.00. The molecule has 1 aromatic heterocycles. The molecule has 3 aromatic rings. The van der Waals surface area contributed by atoms with E-state index in [0.717, 1.165) is 66.4 Å². The molecule has 4 nitrogen and oxygen atoms in total. The maximum absolute atomic E-state index is 12.1. The van der Waals surface area contributed by atoms with Crippen LogP contribution in [-0.2, 0) is 13.1 Å². The second-order valence-electron chi connectivity index (χ2n) is 7.63. The molecule has 0 radical (unpaired) electrons. The van der Waals surface area contributed by atoms with Crippen molar-refractivity contribution in [3.63, 3.8) is 0 Å². The first kappa shape index (κ1) is 19.2. The van der Waals surface area contributed by atoms with Crippen molar-refractivity contribution in [3.8, 4) is 0 Å². The van der Waals surface area contributed by atoms with E-state index in [-0.39, 0.29) is 5.63 Å². The molecule has 1 aliphatic heterocycles. The number of rotatable bonds is 4. The molecule has 0 N–H and O–H groups in total. The highest BCUT2D eigenvalue weighted by atomic mass is 35.5. The van der Waals surface area contributed by atoms with E-state index in [2.05, 4.69) is 40.1 Å². The van der Waals surface area contributed by atoms with Crippen LogP contribution in [-0.4, -0.2) is 36.0 Å². The van der Waals surface area contributed by atoms with Crippen LogP contribution in [0.5, 0.6) is 0 Å². The maximum atomic E-state index is 12.1. The Morgan fingerprint density at radius 3 is 2.29 bits per heavy atom. The van der Waals surface area contributed by atoms with Crippen LogP contribution in [0.2, 0.25) is 5.02 Å². The van der Waals surface area contributed by atoms with Crippen molar-refractivity contribution < 1.29 is 4.42 Å². The normalized spacial score (nSPS) is 16.0. The average molecular weight is 397 g/mol. The number of hydrogen-bond acceptors (Lipinski definition) is 4. The van der Waals surface area contributed by atoms with Crippen molar-refractivity contribution in [3.05, 3.63) is 80.2 Å². The molecule has 0 unspecified atom stereocenters. The van der Waals surface area contributed by atoms with Crippen LogP contribution in [0.25, 0.3) is 11.0 Å². The van der Waals surface area contributed by atoms with Crippen molar-refractivity contribution in [1.82, 2.24) is 9.80 Å². The summed E-state index contributed by atoms with van der Waals surface area (Å²) in [5.74, 6) is 0. The topological polar surface area (TPSA) is 36.7 Å². The van der Waals surface area contributed by atoms with Crippen molar-refractivity contribution >= 4 is 22.6 Å². The minimum atomic E-state index is -0.300. The van der Waals surface area contributed by atoms with E-state index in [4.69, 9.17) is 16.0 Å². The molecule has 1 aliphatic rings. The van der Waals surface area contributed by atoms with Gasteiger partial charge in [-0.05, 0) is 42.2 Å². The Labute approximate surface area is 170 Å². The highest BCUT2D eigenvalue weighted by Crippen LogP contribution is 2.31. The molecule has 28 heavy (non-hydrogen) atoms. The highest BCUT2D eigenvalue weighted by Gasteiger charge is 2.20. The fourth-order valence-corrected chi connectivity index (χ4v) is 4.22. The van der Waals surface area contributed by atoms with Gasteiger partial charge in [0.2, 0.25) is 0 Å². The second kappa shape index (κ2) is 8.08. The molecular formula is C23H25ClN2O2. The molecule has 4 rings (SSSR count). The van der Waals surface area contributed by atoms with Crippen molar-refractivity contribution in [1.29, 1.82) is 0 Å². The molecule has 0 bridgehead atoms. The molecule has 0 atom stereocenters. The molecule has 0 aliphatic carbocycles.